The molecule has 0 saturated carbocycles. The summed E-state index contributed by atoms with van der Waals surface area (Å²) >= 11 is 3.49. The van der Waals surface area contributed by atoms with Gasteiger partial charge in [0.1, 0.15) is 0 Å². The average Bonchev–Trinajstić information content (AvgIpc) is 3.13. The number of carbonyl (C=O) groups excluding carboxylic acids is 1. The minimum atomic E-state index is -0.536. The maximum atomic E-state index is 13.4. The molecule has 24 heavy (non-hydrogen) atoms. The van der Waals surface area contributed by atoms with Crippen molar-refractivity contribution in [3.63, 3.8) is 0 Å². The number of carbonyl (C=O) groups is 1. The molecule has 0 N–H and O–H groups in total. The molecule has 1 saturated heterocycles. The lowest BCUT2D eigenvalue weighted by Crippen LogP contribution is -2.44. The molecule has 6 nitrogen and oxygen atoms in total. The molecular weight excluding hydrogens is 372 g/mol. The Morgan fingerprint density at radius 2 is 2.12 bits per heavy atom. The number of hydrogen-bond donors (Lipinski definition) is 0. The Morgan fingerprint density at radius 1 is 1.33 bits per heavy atom. The molecule has 0 aliphatic carbocycles. The molecule has 4 heterocycles. The molecular formula is C17H19BrN4O2. The summed E-state index contributed by atoms with van der Waals surface area (Å²) in [5.41, 5.74) is 2.29. The third-order valence-electron chi connectivity index (χ3n) is 5.04. The van der Waals surface area contributed by atoms with E-state index in [1.807, 2.05) is 17.2 Å². The minimum Gasteiger partial charge on any atom is -0.381 e. The third-order valence-corrected chi connectivity index (χ3v) is 5.47. The first-order valence-corrected chi connectivity index (χ1v) is 9.00. The lowest BCUT2D eigenvalue weighted by molar-refractivity contribution is -0.126. The second-order valence-electron chi connectivity index (χ2n) is 6.28. The van der Waals surface area contributed by atoms with Crippen LogP contribution < -0.4 is 4.90 Å². The van der Waals surface area contributed by atoms with Gasteiger partial charge in [0.25, 0.3) is 0 Å². The predicted octanol–water partition coefficient (Wildman–Crippen LogP) is 2.66. The van der Waals surface area contributed by atoms with E-state index in [0.717, 1.165) is 28.1 Å². The lowest BCUT2D eigenvalue weighted by atomic mass is 9.78. The zero-order valence-corrected chi connectivity index (χ0v) is 15.1. The van der Waals surface area contributed by atoms with Gasteiger partial charge in [-0.05, 0) is 41.8 Å². The van der Waals surface area contributed by atoms with Gasteiger partial charge in [0.05, 0.1) is 35.4 Å². The number of anilines is 1. The van der Waals surface area contributed by atoms with Crippen LogP contribution in [0.4, 0.5) is 5.69 Å². The van der Waals surface area contributed by atoms with E-state index in [0.29, 0.717) is 32.6 Å². The first-order chi connectivity index (χ1) is 11.7. The summed E-state index contributed by atoms with van der Waals surface area (Å²) in [5, 5.41) is 0. The molecule has 126 valence electrons. The fourth-order valence-corrected chi connectivity index (χ4v) is 4.05. The van der Waals surface area contributed by atoms with Gasteiger partial charge in [0, 0.05) is 36.6 Å². The van der Waals surface area contributed by atoms with E-state index in [9.17, 15) is 4.79 Å². The van der Waals surface area contributed by atoms with Crippen molar-refractivity contribution in [1.29, 1.82) is 0 Å². The normalized spacial score (nSPS) is 19.1. The van der Waals surface area contributed by atoms with Crippen molar-refractivity contribution >= 4 is 27.5 Å². The van der Waals surface area contributed by atoms with E-state index in [1.54, 1.807) is 12.5 Å². The molecule has 2 aromatic rings. The van der Waals surface area contributed by atoms with Crippen molar-refractivity contribution < 1.29 is 9.53 Å². The van der Waals surface area contributed by atoms with Crippen molar-refractivity contribution in [2.24, 2.45) is 0 Å². The number of fused-ring (bicyclic) bond motifs is 2. The van der Waals surface area contributed by atoms with Crippen LogP contribution in [0.25, 0.3) is 0 Å². The van der Waals surface area contributed by atoms with Gasteiger partial charge < -0.3 is 14.2 Å². The highest BCUT2D eigenvalue weighted by Gasteiger charge is 2.52. The van der Waals surface area contributed by atoms with Gasteiger partial charge in [-0.3, -0.25) is 9.78 Å². The summed E-state index contributed by atoms with van der Waals surface area (Å²) in [4.78, 5) is 24.1. The maximum Gasteiger partial charge on any atom is 0.239 e. The number of amides is 1. The summed E-state index contributed by atoms with van der Waals surface area (Å²) < 4.78 is 8.44. The standard InChI is InChI=1S/C17H19BrN4O2/c1-2-21-11-19-9-13(21)10-22-14-7-12(18)8-20-15(14)17(16(22)23)3-5-24-6-4-17/h7-9,11H,2-6,10H2,1H3. The van der Waals surface area contributed by atoms with E-state index in [-0.39, 0.29) is 5.91 Å². The number of pyridine rings is 1. The van der Waals surface area contributed by atoms with E-state index in [1.165, 1.54) is 0 Å². The maximum absolute atomic E-state index is 13.4. The summed E-state index contributed by atoms with van der Waals surface area (Å²) in [6.07, 6.45) is 6.80. The van der Waals surface area contributed by atoms with E-state index < -0.39 is 5.41 Å². The summed E-state index contributed by atoms with van der Waals surface area (Å²) in [6.45, 7) is 4.62. The molecule has 0 unspecified atom stereocenters. The zero-order valence-electron chi connectivity index (χ0n) is 13.5. The third kappa shape index (κ3) is 2.29. The Morgan fingerprint density at radius 3 is 2.88 bits per heavy atom. The fraction of sp³-hybridized carbons (Fsp3) is 0.471. The van der Waals surface area contributed by atoms with Crippen molar-refractivity contribution in [2.75, 3.05) is 18.1 Å². The van der Waals surface area contributed by atoms with Crippen LogP contribution in [0.1, 0.15) is 31.2 Å². The van der Waals surface area contributed by atoms with Crippen LogP contribution in [-0.4, -0.2) is 33.7 Å². The van der Waals surface area contributed by atoms with Crippen LogP contribution in [0.2, 0.25) is 0 Å². The van der Waals surface area contributed by atoms with Gasteiger partial charge in [-0.2, -0.15) is 0 Å². The summed E-state index contributed by atoms with van der Waals surface area (Å²) in [5.74, 6) is 0.134. The largest absolute Gasteiger partial charge is 0.381 e. The Balaban J connectivity index is 1.78. The number of aryl methyl sites for hydroxylation is 1. The Hall–Kier alpha value is -1.73. The summed E-state index contributed by atoms with van der Waals surface area (Å²) in [7, 11) is 0. The Labute approximate surface area is 149 Å². The molecule has 0 radical (unpaired) electrons. The van der Waals surface area contributed by atoms with Crippen LogP contribution in [0.3, 0.4) is 0 Å². The monoisotopic (exact) mass is 390 g/mol. The van der Waals surface area contributed by atoms with E-state index in [2.05, 4.69) is 37.4 Å². The highest BCUT2D eigenvalue weighted by molar-refractivity contribution is 9.10. The molecule has 1 amide bonds. The quantitative estimate of drug-likeness (QED) is 0.807. The number of aromatic nitrogens is 3. The SMILES string of the molecule is CCn1cncc1CN1C(=O)C2(CCOCC2)c2ncc(Br)cc21. The molecule has 0 atom stereocenters. The first kappa shape index (κ1) is 15.8. The second kappa shape index (κ2) is 5.97. The highest BCUT2D eigenvalue weighted by Crippen LogP contribution is 2.47. The number of hydrogen-bond acceptors (Lipinski definition) is 4. The molecule has 0 bridgehead atoms. The molecule has 0 aromatic carbocycles. The van der Waals surface area contributed by atoms with Crippen LogP contribution in [0, 0.1) is 0 Å². The lowest BCUT2D eigenvalue weighted by Gasteiger charge is -2.31. The van der Waals surface area contributed by atoms with Crippen LogP contribution in [0.15, 0.2) is 29.3 Å². The Bertz CT molecular complexity index is 783. The van der Waals surface area contributed by atoms with Crippen LogP contribution in [-0.2, 0) is 28.0 Å². The van der Waals surface area contributed by atoms with Gasteiger partial charge in [-0.15, -0.1) is 0 Å². The number of ether oxygens (including phenoxy) is 1. The van der Waals surface area contributed by atoms with Gasteiger partial charge in [0.2, 0.25) is 5.91 Å². The molecule has 1 fully saturated rings. The van der Waals surface area contributed by atoms with Gasteiger partial charge in [-0.25, -0.2) is 4.98 Å². The van der Waals surface area contributed by atoms with Crippen LogP contribution >= 0.6 is 15.9 Å². The number of imidazole rings is 1. The smallest absolute Gasteiger partial charge is 0.239 e. The predicted molar refractivity (Wildman–Crippen MR) is 92.8 cm³/mol. The Kier molecular flexibility index (Phi) is 3.92. The molecule has 4 rings (SSSR count). The molecule has 2 aliphatic rings. The van der Waals surface area contributed by atoms with Gasteiger partial charge in [-0.1, -0.05) is 0 Å². The minimum absolute atomic E-state index is 0.134. The van der Waals surface area contributed by atoms with Crippen molar-refractivity contribution in [3.8, 4) is 0 Å². The van der Waals surface area contributed by atoms with Crippen molar-refractivity contribution in [3.05, 3.63) is 40.6 Å². The van der Waals surface area contributed by atoms with E-state index >= 15 is 0 Å². The second-order valence-corrected chi connectivity index (χ2v) is 7.19. The zero-order chi connectivity index (χ0) is 16.7. The number of nitrogens with zero attached hydrogens (tertiary/aromatic N) is 4. The van der Waals surface area contributed by atoms with Crippen molar-refractivity contribution in [2.45, 2.75) is 38.3 Å². The van der Waals surface area contributed by atoms with Crippen molar-refractivity contribution in [1.82, 2.24) is 14.5 Å². The highest BCUT2D eigenvalue weighted by atomic mass is 79.9. The molecule has 7 heteroatoms. The molecule has 1 spiro atoms. The van der Waals surface area contributed by atoms with Crippen LogP contribution in [0.5, 0.6) is 0 Å². The first-order valence-electron chi connectivity index (χ1n) is 8.20. The topological polar surface area (TPSA) is 60.2 Å². The van der Waals surface area contributed by atoms with E-state index in [4.69, 9.17) is 4.74 Å². The fourth-order valence-electron chi connectivity index (χ4n) is 3.73. The average molecular weight is 391 g/mol. The summed E-state index contributed by atoms with van der Waals surface area (Å²) in [6, 6.07) is 2.00. The molecule has 2 aromatic heterocycles. The van der Waals surface area contributed by atoms with Gasteiger partial charge in [0.15, 0.2) is 0 Å². The van der Waals surface area contributed by atoms with Gasteiger partial charge >= 0.3 is 0 Å². The number of halogens is 1. The number of rotatable bonds is 3. The molecule has 2 aliphatic heterocycles.